The van der Waals surface area contributed by atoms with Gasteiger partial charge in [0.15, 0.2) is 0 Å². The van der Waals surface area contributed by atoms with E-state index < -0.39 is 0 Å². The minimum Gasteiger partial charge on any atom is -0.494 e. The number of nitrogens with zero attached hydrogens (tertiary/aromatic N) is 2. The number of benzene rings is 2. The van der Waals surface area contributed by atoms with E-state index in [0.717, 1.165) is 41.3 Å². The summed E-state index contributed by atoms with van der Waals surface area (Å²) in [6.45, 7) is 5.45. The lowest BCUT2D eigenvalue weighted by molar-refractivity contribution is 0.309. The topological polar surface area (TPSA) is 60.2 Å². The highest BCUT2D eigenvalue weighted by Crippen LogP contribution is 2.22. The number of ether oxygens (including phenoxy) is 1. The molecule has 27 heavy (non-hydrogen) atoms. The Bertz CT molecular complexity index is 831. The number of unbranched alkanes of at least 4 members (excludes halogenated alkanes) is 1. The van der Waals surface area contributed by atoms with Gasteiger partial charge < -0.3 is 14.5 Å². The number of rotatable bonds is 9. The van der Waals surface area contributed by atoms with Crippen LogP contribution in [0.3, 0.4) is 0 Å². The van der Waals surface area contributed by atoms with Crippen LogP contribution in [0.4, 0.5) is 0 Å². The van der Waals surface area contributed by atoms with Crippen molar-refractivity contribution in [1.82, 2.24) is 15.5 Å². The van der Waals surface area contributed by atoms with Gasteiger partial charge in [-0.25, -0.2) is 0 Å². The normalized spacial score (nSPS) is 12.1. The molecule has 1 N–H and O–H groups in total. The average Bonchev–Trinajstić information content (AvgIpc) is 3.16. The summed E-state index contributed by atoms with van der Waals surface area (Å²) in [6, 6.07) is 15.6. The van der Waals surface area contributed by atoms with Crippen molar-refractivity contribution in [2.75, 3.05) is 6.61 Å². The third-order valence-electron chi connectivity index (χ3n) is 4.26. The van der Waals surface area contributed by atoms with E-state index in [-0.39, 0.29) is 6.04 Å². The van der Waals surface area contributed by atoms with E-state index in [1.807, 2.05) is 48.5 Å². The van der Waals surface area contributed by atoms with E-state index in [4.69, 9.17) is 20.8 Å². The van der Waals surface area contributed by atoms with Crippen LogP contribution in [-0.4, -0.2) is 16.8 Å². The summed E-state index contributed by atoms with van der Waals surface area (Å²) in [7, 11) is 0. The molecule has 0 aliphatic rings. The van der Waals surface area contributed by atoms with Gasteiger partial charge in [0.2, 0.25) is 11.8 Å². The first-order chi connectivity index (χ1) is 13.2. The summed E-state index contributed by atoms with van der Waals surface area (Å²) in [5, 5.41) is 12.4. The van der Waals surface area contributed by atoms with Crippen LogP contribution in [0, 0.1) is 0 Å². The van der Waals surface area contributed by atoms with Crippen LogP contribution in [0.2, 0.25) is 5.02 Å². The average molecular weight is 386 g/mol. The van der Waals surface area contributed by atoms with E-state index in [0.29, 0.717) is 18.3 Å². The Balaban J connectivity index is 1.55. The highest BCUT2D eigenvalue weighted by atomic mass is 35.5. The molecule has 3 aromatic rings. The highest BCUT2D eigenvalue weighted by Gasteiger charge is 2.11. The molecular weight excluding hydrogens is 362 g/mol. The number of halogens is 1. The molecule has 6 heteroatoms. The molecular formula is C21H24ClN3O2. The fourth-order valence-electron chi connectivity index (χ4n) is 2.58. The second kappa shape index (κ2) is 9.53. The molecule has 3 rings (SSSR count). The summed E-state index contributed by atoms with van der Waals surface area (Å²) in [6.07, 6.45) is 2.17. The molecule has 0 aliphatic carbocycles. The molecule has 142 valence electrons. The molecule has 0 bridgehead atoms. The van der Waals surface area contributed by atoms with Crippen LogP contribution < -0.4 is 10.1 Å². The summed E-state index contributed by atoms with van der Waals surface area (Å²) >= 11 is 5.93. The Kier molecular flexibility index (Phi) is 6.85. The maximum Gasteiger partial charge on any atom is 0.247 e. The van der Waals surface area contributed by atoms with Gasteiger partial charge in [-0.1, -0.05) is 37.1 Å². The molecule has 0 saturated heterocycles. The van der Waals surface area contributed by atoms with Crippen molar-refractivity contribution < 1.29 is 9.15 Å². The summed E-state index contributed by atoms with van der Waals surface area (Å²) in [4.78, 5) is 0. The van der Waals surface area contributed by atoms with Gasteiger partial charge in [-0.2, -0.15) is 0 Å². The second-order valence-electron chi connectivity index (χ2n) is 6.38. The zero-order valence-corrected chi connectivity index (χ0v) is 16.4. The lowest BCUT2D eigenvalue weighted by Crippen LogP contribution is -2.18. The second-order valence-corrected chi connectivity index (χ2v) is 6.82. The molecule has 0 saturated carbocycles. The minimum atomic E-state index is 0.150. The first-order valence-corrected chi connectivity index (χ1v) is 9.58. The molecule has 0 radical (unpaired) electrons. The Morgan fingerprint density at radius 1 is 1.07 bits per heavy atom. The maximum atomic E-state index is 5.93. The first kappa shape index (κ1) is 19.4. The van der Waals surface area contributed by atoms with Gasteiger partial charge in [0.25, 0.3) is 0 Å². The van der Waals surface area contributed by atoms with Gasteiger partial charge in [-0.15, -0.1) is 10.2 Å². The van der Waals surface area contributed by atoms with Crippen molar-refractivity contribution in [2.24, 2.45) is 0 Å². The van der Waals surface area contributed by atoms with Crippen LogP contribution in [0.5, 0.6) is 5.75 Å². The van der Waals surface area contributed by atoms with Gasteiger partial charge in [0.1, 0.15) is 5.75 Å². The quantitative estimate of drug-likeness (QED) is 0.498. The van der Waals surface area contributed by atoms with Crippen LogP contribution in [0.15, 0.2) is 52.9 Å². The van der Waals surface area contributed by atoms with Crippen molar-refractivity contribution in [3.05, 3.63) is 65.0 Å². The third-order valence-corrected chi connectivity index (χ3v) is 4.52. The largest absolute Gasteiger partial charge is 0.494 e. The van der Waals surface area contributed by atoms with Crippen molar-refractivity contribution in [3.8, 4) is 17.2 Å². The maximum absolute atomic E-state index is 5.93. The number of nitrogens with one attached hydrogen (secondary N) is 1. The lowest BCUT2D eigenvalue weighted by Gasteiger charge is -2.12. The van der Waals surface area contributed by atoms with Crippen molar-refractivity contribution in [2.45, 2.75) is 39.3 Å². The number of hydrogen-bond donors (Lipinski definition) is 1. The van der Waals surface area contributed by atoms with E-state index >= 15 is 0 Å². The molecule has 0 spiro atoms. The zero-order valence-electron chi connectivity index (χ0n) is 15.6. The molecule has 5 nitrogen and oxygen atoms in total. The molecule has 1 unspecified atom stereocenters. The molecule has 1 aromatic heterocycles. The Morgan fingerprint density at radius 3 is 2.52 bits per heavy atom. The van der Waals surface area contributed by atoms with Crippen LogP contribution in [-0.2, 0) is 6.54 Å². The zero-order chi connectivity index (χ0) is 19.1. The van der Waals surface area contributed by atoms with Crippen molar-refractivity contribution in [1.29, 1.82) is 0 Å². The highest BCUT2D eigenvalue weighted by molar-refractivity contribution is 6.30. The van der Waals surface area contributed by atoms with E-state index in [9.17, 15) is 0 Å². The Morgan fingerprint density at radius 2 is 1.81 bits per heavy atom. The molecule has 0 aliphatic heterocycles. The third kappa shape index (κ3) is 5.55. The molecule has 0 amide bonds. The van der Waals surface area contributed by atoms with Crippen LogP contribution in [0.25, 0.3) is 11.5 Å². The minimum absolute atomic E-state index is 0.150. The number of hydrogen-bond acceptors (Lipinski definition) is 5. The first-order valence-electron chi connectivity index (χ1n) is 9.20. The van der Waals surface area contributed by atoms with E-state index in [1.165, 1.54) is 0 Å². The van der Waals surface area contributed by atoms with E-state index in [1.54, 1.807) is 0 Å². The van der Waals surface area contributed by atoms with Crippen molar-refractivity contribution >= 4 is 11.6 Å². The van der Waals surface area contributed by atoms with E-state index in [2.05, 4.69) is 29.4 Å². The van der Waals surface area contributed by atoms with Gasteiger partial charge in [0, 0.05) is 16.6 Å². The molecule has 1 atom stereocenters. The van der Waals surface area contributed by atoms with Crippen LogP contribution in [0.1, 0.15) is 44.2 Å². The lowest BCUT2D eigenvalue weighted by atomic mass is 10.1. The van der Waals surface area contributed by atoms with Gasteiger partial charge in [-0.05, 0) is 55.3 Å². The predicted molar refractivity (Wildman–Crippen MR) is 107 cm³/mol. The predicted octanol–water partition coefficient (Wildman–Crippen LogP) is 5.42. The SMILES string of the molecule is CCCCOc1ccc(-c2nnc(CNC(C)c3ccc(Cl)cc3)o2)cc1. The molecule has 1 heterocycles. The molecule has 2 aromatic carbocycles. The van der Waals surface area contributed by atoms with Gasteiger partial charge in [-0.3, -0.25) is 0 Å². The fraction of sp³-hybridized carbons (Fsp3) is 0.333. The Hall–Kier alpha value is -2.37. The Labute approximate surface area is 164 Å². The van der Waals surface area contributed by atoms with Gasteiger partial charge in [0.05, 0.1) is 13.2 Å². The van der Waals surface area contributed by atoms with Gasteiger partial charge >= 0.3 is 0 Å². The molecule has 0 fully saturated rings. The monoisotopic (exact) mass is 385 g/mol. The summed E-state index contributed by atoms with van der Waals surface area (Å²) in [5.74, 6) is 1.91. The van der Waals surface area contributed by atoms with Crippen LogP contribution >= 0.6 is 11.6 Å². The number of aromatic nitrogens is 2. The summed E-state index contributed by atoms with van der Waals surface area (Å²) in [5.41, 5.74) is 2.03. The smallest absolute Gasteiger partial charge is 0.247 e. The van der Waals surface area contributed by atoms with Crippen molar-refractivity contribution in [3.63, 3.8) is 0 Å². The standard InChI is InChI=1S/C21H24ClN3O2/c1-3-4-13-26-19-11-7-17(8-12-19)21-25-24-20(27-21)14-23-15(2)16-5-9-18(22)10-6-16/h5-12,15,23H,3-4,13-14H2,1-2H3. The fourth-order valence-corrected chi connectivity index (χ4v) is 2.71. The summed E-state index contributed by atoms with van der Waals surface area (Å²) < 4.78 is 11.4.